The lowest BCUT2D eigenvalue weighted by atomic mass is 10.2. The Bertz CT molecular complexity index is 474. The molecule has 0 spiro atoms. The van der Waals surface area contributed by atoms with E-state index in [4.69, 9.17) is 0 Å². The minimum atomic E-state index is -3.40. The molecule has 0 saturated carbocycles. The second-order valence-electron chi connectivity index (χ2n) is 5.10. The van der Waals surface area contributed by atoms with Crippen LogP contribution in [0.5, 0.6) is 0 Å². The molecule has 0 aromatic heterocycles. The standard InChI is InChI=1S/C14H25N3O2S/c1-13(2)15-10-7-11-17(3)20(18,19)16-12-14-8-5-4-6-9-14/h4-6,8-9,13,15-16H,7,10-12H2,1-3H3. The molecule has 20 heavy (non-hydrogen) atoms. The van der Waals surface area contributed by atoms with Crippen molar-refractivity contribution in [3.63, 3.8) is 0 Å². The molecule has 0 bridgehead atoms. The van der Waals surface area contributed by atoms with Crippen LogP contribution >= 0.6 is 0 Å². The first kappa shape index (κ1) is 17.1. The Morgan fingerprint density at radius 1 is 1.20 bits per heavy atom. The maximum Gasteiger partial charge on any atom is 0.279 e. The summed E-state index contributed by atoms with van der Waals surface area (Å²) in [5, 5.41) is 3.27. The van der Waals surface area contributed by atoms with Gasteiger partial charge in [-0.25, -0.2) is 0 Å². The largest absolute Gasteiger partial charge is 0.314 e. The molecule has 0 aliphatic heterocycles. The minimum absolute atomic E-state index is 0.317. The van der Waals surface area contributed by atoms with Crippen molar-refractivity contribution in [1.29, 1.82) is 0 Å². The molecular formula is C14H25N3O2S. The van der Waals surface area contributed by atoms with E-state index in [9.17, 15) is 8.42 Å². The fraction of sp³-hybridized carbons (Fsp3) is 0.571. The van der Waals surface area contributed by atoms with Gasteiger partial charge in [-0.05, 0) is 18.5 Å². The summed E-state index contributed by atoms with van der Waals surface area (Å²) in [7, 11) is -1.80. The Hall–Kier alpha value is -0.950. The maximum absolute atomic E-state index is 12.0. The van der Waals surface area contributed by atoms with Gasteiger partial charge in [0.15, 0.2) is 0 Å². The van der Waals surface area contributed by atoms with Crippen molar-refractivity contribution in [3.8, 4) is 0 Å². The highest BCUT2D eigenvalue weighted by Crippen LogP contribution is 2.01. The number of benzene rings is 1. The Balaban J connectivity index is 2.35. The molecule has 0 heterocycles. The highest BCUT2D eigenvalue weighted by atomic mass is 32.2. The lowest BCUT2D eigenvalue weighted by Crippen LogP contribution is -2.39. The third-order valence-electron chi connectivity index (χ3n) is 2.91. The predicted molar refractivity (Wildman–Crippen MR) is 82.6 cm³/mol. The predicted octanol–water partition coefficient (Wildman–Crippen LogP) is 1.34. The topological polar surface area (TPSA) is 61.4 Å². The molecule has 6 heteroatoms. The van der Waals surface area contributed by atoms with Crippen LogP contribution in [0.3, 0.4) is 0 Å². The number of rotatable bonds is 9. The van der Waals surface area contributed by atoms with E-state index in [0.717, 1.165) is 18.5 Å². The first-order valence-electron chi connectivity index (χ1n) is 6.90. The van der Waals surface area contributed by atoms with E-state index in [0.29, 0.717) is 19.1 Å². The van der Waals surface area contributed by atoms with E-state index in [1.165, 1.54) is 4.31 Å². The van der Waals surface area contributed by atoms with Gasteiger partial charge in [0.1, 0.15) is 0 Å². The molecular weight excluding hydrogens is 274 g/mol. The van der Waals surface area contributed by atoms with Crippen LogP contribution in [0.15, 0.2) is 30.3 Å². The average molecular weight is 299 g/mol. The Kier molecular flexibility index (Phi) is 7.15. The number of nitrogens with one attached hydrogen (secondary N) is 2. The molecule has 0 aliphatic carbocycles. The second-order valence-corrected chi connectivity index (χ2v) is 6.96. The lowest BCUT2D eigenvalue weighted by molar-refractivity contribution is 0.439. The summed E-state index contributed by atoms with van der Waals surface area (Å²) in [5.74, 6) is 0. The zero-order chi connectivity index (χ0) is 15.0. The maximum atomic E-state index is 12.0. The zero-order valence-corrected chi connectivity index (χ0v) is 13.3. The molecule has 114 valence electrons. The quantitative estimate of drug-likeness (QED) is 0.677. The van der Waals surface area contributed by atoms with Crippen LogP contribution in [0.1, 0.15) is 25.8 Å². The third kappa shape index (κ3) is 6.47. The molecule has 0 aliphatic rings. The minimum Gasteiger partial charge on any atom is -0.314 e. The van der Waals surface area contributed by atoms with E-state index in [2.05, 4.69) is 23.9 Å². The van der Waals surface area contributed by atoms with E-state index in [1.807, 2.05) is 30.3 Å². The second kappa shape index (κ2) is 8.36. The molecule has 0 fully saturated rings. The lowest BCUT2D eigenvalue weighted by Gasteiger charge is -2.18. The van der Waals surface area contributed by atoms with Crippen molar-refractivity contribution in [2.45, 2.75) is 32.9 Å². The van der Waals surface area contributed by atoms with Crippen LogP contribution in [-0.2, 0) is 16.8 Å². The summed E-state index contributed by atoms with van der Waals surface area (Å²) < 4.78 is 28.0. The molecule has 0 radical (unpaired) electrons. The summed E-state index contributed by atoms with van der Waals surface area (Å²) in [6.07, 6.45) is 0.793. The van der Waals surface area contributed by atoms with E-state index >= 15 is 0 Å². The van der Waals surface area contributed by atoms with Crippen LogP contribution in [0.25, 0.3) is 0 Å². The van der Waals surface area contributed by atoms with E-state index in [-0.39, 0.29) is 0 Å². The molecule has 5 nitrogen and oxygen atoms in total. The van der Waals surface area contributed by atoms with Gasteiger partial charge in [-0.3, -0.25) is 0 Å². The molecule has 0 saturated heterocycles. The highest BCUT2D eigenvalue weighted by molar-refractivity contribution is 7.87. The van der Waals surface area contributed by atoms with Gasteiger partial charge in [0.2, 0.25) is 0 Å². The fourth-order valence-corrected chi connectivity index (χ4v) is 2.63. The molecule has 1 aromatic carbocycles. The number of nitrogens with zero attached hydrogens (tertiary/aromatic N) is 1. The smallest absolute Gasteiger partial charge is 0.279 e. The number of hydrogen-bond donors (Lipinski definition) is 2. The van der Waals surface area contributed by atoms with E-state index in [1.54, 1.807) is 7.05 Å². The summed E-state index contributed by atoms with van der Waals surface area (Å²) in [6, 6.07) is 9.92. The third-order valence-corrected chi connectivity index (χ3v) is 4.43. The van der Waals surface area contributed by atoms with Crippen LogP contribution in [0, 0.1) is 0 Å². The first-order chi connectivity index (χ1) is 9.42. The normalized spacial score (nSPS) is 12.2. The van der Waals surface area contributed by atoms with Crippen molar-refractivity contribution in [3.05, 3.63) is 35.9 Å². The Morgan fingerprint density at radius 2 is 1.85 bits per heavy atom. The summed E-state index contributed by atoms with van der Waals surface area (Å²) in [5.41, 5.74) is 0.950. The molecule has 0 atom stereocenters. The van der Waals surface area contributed by atoms with Gasteiger partial charge in [-0.2, -0.15) is 17.4 Å². The van der Waals surface area contributed by atoms with Crippen molar-refractivity contribution in [1.82, 2.24) is 14.3 Å². The van der Waals surface area contributed by atoms with Gasteiger partial charge in [0, 0.05) is 26.2 Å². The van der Waals surface area contributed by atoms with Gasteiger partial charge in [-0.1, -0.05) is 44.2 Å². The van der Waals surface area contributed by atoms with Crippen LogP contribution in [-0.4, -0.2) is 38.9 Å². The van der Waals surface area contributed by atoms with Crippen LogP contribution in [0.4, 0.5) is 0 Å². The van der Waals surface area contributed by atoms with Gasteiger partial charge in [-0.15, -0.1) is 0 Å². The van der Waals surface area contributed by atoms with Crippen LogP contribution in [0.2, 0.25) is 0 Å². The summed E-state index contributed by atoms with van der Waals surface area (Å²) >= 11 is 0. The Labute approximate surface area is 122 Å². The first-order valence-corrected chi connectivity index (χ1v) is 8.34. The highest BCUT2D eigenvalue weighted by Gasteiger charge is 2.16. The molecule has 0 amide bonds. The Morgan fingerprint density at radius 3 is 2.45 bits per heavy atom. The van der Waals surface area contributed by atoms with Crippen molar-refractivity contribution < 1.29 is 8.42 Å². The van der Waals surface area contributed by atoms with Crippen molar-refractivity contribution >= 4 is 10.2 Å². The number of hydrogen-bond acceptors (Lipinski definition) is 3. The van der Waals surface area contributed by atoms with Crippen molar-refractivity contribution in [2.24, 2.45) is 0 Å². The molecule has 1 rings (SSSR count). The van der Waals surface area contributed by atoms with Gasteiger partial charge in [0.25, 0.3) is 10.2 Å². The average Bonchev–Trinajstić information content (AvgIpc) is 2.42. The van der Waals surface area contributed by atoms with E-state index < -0.39 is 10.2 Å². The SMILES string of the molecule is CC(C)NCCCN(C)S(=O)(=O)NCc1ccccc1. The van der Waals surface area contributed by atoms with Gasteiger partial charge in [0.05, 0.1) is 0 Å². The molecule has 1 aromatic rings. The van der Waals surface area contributed by atoms with Crippen molar-refractivity contribution in [2.75, 3.05) is 20.1 Å². The van der Waals surface area contributed by atoms with Crippen LogP contribution < -0.4 is 10.0 Å². The molecule has 0 unspecified atom stereocenters. The molecule has 2 N–H and O–H groups in total. The fourth-order valence-electron chi connectivity index (χ4n) is 1.69. The zero-order valence-electron chi connectivity index (χ0n) is 12.5. The van der Waals surface area contributed by atoms with Gasteiger partial charge >= 0.3 is 0 Å². The van der Waals surface area contributed by atoms with Gasteiger partial charge < -0.3 is 5.32 Å². The summed E-state index contributed by atoms with van der Waals surface area (Å²) in [6.45, 7) is 5.78. The monoisotopic (exact) mass is 299 g/mol. The summed E-state index contributed by atoms with van der Waals surface area (Å²) in [4.78, 5) is 0.